The molecular weight excluding hydrogens is 928 g/mol. The molecule has 0 spiro atoms. The highest BCUT2D eigenvalue weighted by Gasteiger charge is 2.28. The van der Waals surface area contributed by atoms with Gasteiger partial charge in [0.25, 0.3) is 0 Å². The molecule has 0 bridgehead atoms. The topological polar surface area (TPSA) is 155 Å². The Bertz CT molecular complexity index is 1490. The minimum absolute atomic E-state index is 0.147. The number of unbranched alkanes of at least 4 members (excludes halogenated alkanes) is 24. The van der Waals surface area contributed by atoms with Crippen molar-refractivity contribution < 1.29 is 52.2 Å². The van der Waals surface area contributed by atoms with Crippen LogP contribution in [0.5, 0.6) is 0 Å². The Labute approximate surface area is 439 Å². The summed E-state index contributed by atoms with van der Waals surface area (Å²) >= 11 is 0. The van der Waals surface area contributed by atoms with E-state index in [-0.39, 0.29) is 25.9 Å². The van der Waals surface area contributed by atoms with Gasteiger partial charge in [0.05, 0.1) is 19.8 Å². The molecule has 0 aromatic rings. The van der Waals surface area contributed by atoms with Crippen molar-refractivity contribution in [2.24, 2.45) is 0 Å². The molecule has 0 amide bonds. The zero-order valence-corrected chi connectivity index (χ0v) is 46.8. The maximum Gasteiger partial charge on any atom is 0.472 e. The second-order valence-corrected chi connectivity index (χ2v) is 20.5. The highest BCUT2D eigenvalue weighted by atomic mass is 31.2. The van der Waals surface area contributed by atoms with Gasteiger partial charge in [-0.15, -0.1) is 0 Å². The van der Waals surface area contributed by atoms with Crippen LogP contribution in [0, 0.1) is 0 Å². The Morgan fingerprint density at radius 2 is 0.750 bits per heavy atom. The van der Waals surface area contributed by atoms with Crippen molar-refractivity contribution in [1.82, 2.24) is 0 Å². The van der Waals surface area contributed by atoms with Crippen molar-refractivity contribution in [3.05, 3.63) is 72.9 Å². The Morgan fingerprint density at radius 3 is 1.17 bits per heavy atom. The molecule has 416 valence electrons. The van der Waals surface area contributed by atoms with E-state index in [1.165, 1.54) is 64.2 Å². The lowest BCUT2D eigenvalue weighted by Crippen LogP contribution is -2.30. The van der Waals surface area contributed by atoms with Gasteiger partial charge >= 0.3 is 25.7 Å². The number of aliphatic hydroxyl groups is 1. The van der Waals surface area contributed by atoms with E-state index >= 15 is 0 Å². The minimum Gasteiger partial charge on any atom is -0.462 e. The van der Waals surface area contributed by atoms with Crippen LogP contribution in [-0.4, -0.2) is 66.5 Å². The molecule has 0 rings (SSSR count). The van der Waals surface area contributed by atoms with Gasteiger partial charge in [-0.2, -0.15) is 0 Å². The second kappa shape index (κ2) is 54.2. The lowest BCUT2D eigenvalue weighted by atomic mass is 10.0. The normalized spacial score (nSPS) is 13.9. The molecule has 0 heterocycles. The van der Waals surface area contributed by atoms with Crippen molar-refractivity contribution in [3.63, 3.8) is 0 Å². The molecule has 0 aliphatic carbocycles. The Balaban J connectivity index is 4.75. The number of esters is 3. The van der Waals surface area contributed by atoms with Gasteiger partial charge in [0.2, 0.25) is 0 Å². The molecule has 0 aliphatic heterocycles. The molecule has 2 N–H and O–H groups in total. The molecule has 12 heteroatoms. The quantitative estimate of drug-likeness (QED) is 0.0197. The number of ether oxygens (including phenoxy) is 3. The first-order valence-corrected chi connectivity index (χ1v) is 30.3. The average Bonchev–Trinajstić information content (AvgIpc) is 3.37. The molecule has 11 nitrogen and oxygen atoms in total. The van der Waals surface area contributed by atoms with Gasteiger partial charge in [0.15, 0.2) is 6.10 Å². The number of phosphoric acid groups is 1. The van der Waals surface area contributed by atoms with Crippen molar-refractivity contribution in [2.75, 3.05) is 26.4 Å². The average molecular weight is 1030 g/mol. The molecule has 0 aromatic heterocycles. The van der Waals surface area contributed by atoms with E-state index in [1.54, 1.807) is 0 Å². The zero-order valence-electron chi connectivity index (χ0n) is 45.9. The third-order valence-electron chi connectivity index (χ3n) is 12.1. The summed E-state index contributed by atoms with van der Waals surface area (Å²) in [5.41, 5.74) is 0. The first kappa shape index (κ1) is 68.9. The number of rotatable bonds is 53. The number of carbonyl (C=O) groups excluding carboxylic acids is 3. The molecule has 3 atom stereocenters. The summed E-state index contributed by atoms with van der Waals surface area (Å²) in [6, 6.07) is 0. The summed E-state index contributed by atoms with van der Waals surface area (Å²) in [5.74, 6) is -1.49. The number of carbonyl (C=O) groups is 3. The van der Waals surface area contributed by atoms with Crippen LogP contribution in [0.4, 0.5) is 0 Å². The van der Waals surface area contributed by atoms with Gasteiger partial charge in [-0.3, -0.25) is 23.4 Å². The van der Waals surface area contributed by atoms with E-state index in [0.29, 0.717) is 19.3 Å². The number of hydrogen-bond donors (Lipinski definition) is 2. The predicted molar refractivity (Wildman–Crippen MR) is 298 cm³/mol. The molecule has 0 saturated carbocycles. The standard InChI is InChI=1S/C60H105O11P/c1-4-7-10-13-16-19-22-25-26-27-28-29-30-33-36-39-42-45-48-51-60(64)71-57(53-67-58(62)49-46-43-40-37-34-31-23-20-17-14-11-8-5-2)55-69-72(65,66)68-54-56(52-61)70-59(63)50-47-44-41-38-35-32-24-21-18-15-12-9-6-3/h7,10-11,14,16,19-20,23,25-26,28-29,56-57,61H,4-6,8-9,12-13,15,17-18,21-22,24,27,30-55H2,1-3H3,(H,65,66)/b10-7-,14-11-,19-16-,23-20-,26-25-,29-28-. The lowest BCUT2D eigenvalue weighted by Gasteiger charge is -2.21. The third-order valence-corrected chi connectivity index (χ3v) is 13.0. The minimum atomic E-state index is -4.75. The fraction of sp³-hybridized carbons (Fsp3) is 0.750. The van der Waals surface area contributed by atoms with Crippen LogP contribution in [0.15, 0.2) is 72.9 Å². The van der Waals surface area contributed by atoms with E-state index < -0.39 is 57.8 Å². The van der Waals surface area contributed by atoms with Gasteiger partial charge in [0.1, 0.15) is 12.7 Å². The van der Waals surface area contributed by atoms with Crippen LogP contribution >= 0.6 is 7.82 Å². The molecule has 72 heavy (non-hydrogen) atoms. The molecule has 0 radical (unpaired) electrons. The van der Waals surface area contributed by atoms with Crippen LogP contribution in [0.3, 0.4) is 0 Å². The zero-order chi connectivity index (χ0) is 52.7. The van der Waals surface area contributed by atoms with Crippen LogP contribution in [0.1, 0.15) is 252 Å². The van der Waals surface area contributed by atoms with E-state index in [2.05, 4.69) is 93.7 Å². The molecule has 0 fully saturated rings. The maximum absolute atomic E-state index is 12.9. The van der Waals surface area contributed by atoms with Crippen molar-refractivity contribution in [2.45, 2.75) is 264 Å². The summed E-state index contributed by atoms with van der Waals surface area (Å²) in [6.07, 6.45) is 60.0. The second-order valence-electron chi connectivity index (χ2n) is 19.1. The Kier molecular flexibility index (Phi) is 51.9. The van der Waals surface area contributed by atoms with E-state index in [9.17, 15) is 28.9 Å². The molecule has 0 saturated heterocycles. The smallest absolute Gasteiger partial charge is 0.462 e. The summed E-state index contributed by atoms with van der Waals surface area (Å²) in [5, 5.41) is 9.80. The fourth-order valence-corrected chi connectivity index (χ4v) is 8.52. The van der Waals surface area contributed by atoms with E-state index in [4.69, 9.17) is 23.3 Å². The van der Waals surface area contributed by atoms with Crippen LogP contribution in [0.25, 0.3) is 0 Å². The van der Waals surface area contributed by atoms with Crippen LogP contribution in [-0.2, 0) is 42.2 Å². The van der Waals surface area contributed by atoms with Gasteiger partial charge < -0.3 is 24.2 Å². The summed E-state index contributed by atoms with van der Waals surface area (Å²) in [4.78, 5) is 48.5. The van der Waals surface area contributed by atoms with Gasteiger partial charge in [-0.25, -0.2) is 4.57 Å². The first-order chi connectivity index (χ1) is 35.2. The number of aliphatic hydroxyl groups excluding tert-OH is 1. The molecule has 0 aromatic carbocycles. The van der Waals surface area contributed by atoms with Gasteiger partial charge in [-0.05, 0) is 83.5 Å². The highest BCUT2D eigenvalue weighted by Crippen LogP contribution is 2.43. The molecular formula is C60H105O11P. The Hall–Kier alpha value is -3.08. The van der Waals surface area contributed by atoms with Crippen molar-refractivity contribution >= 4 is 25.7 Å². The third kappa shape index (κ3) is 51.8. The van der Waals surface area contributed by atoms with Crippen LogP contribution < -0.4 is 0 Å². The number of phosphoric ester groups is 1. The number of hydrogen-bond acceptors (Lipinski definition) is 10. The van der Waals surface area contributed by atoms with Crippen molar-refractivity contribution in [3.8, 4) is 0 Å². The summed E-state index contributed by atoms with van der Waals surface area (Å²) in [6.45, 7) is 4.45. The van der Waals surface area contributed by atoms with E-state index in [0.717, 1.165) is 128 Å². The molecule has 0 aliphatic rings. The van der Waals surface area contributed by atoms with Crippen LogP contribution in [0.2, 0.25) is 0 Å². The fourth-order valence-electron chi connectivity index (χ4n) is 7.74. The number of allylic oxidation sites excluding steroid dienone is 12. The first-order valence-electron chi connectivity index (χ1n) is 28.8. The van der Waals surface area contributed by atoms with Gasteiger partial charge in [0, 0.05) is 19.3 Å². The van der Waals surface area contributed by atoms with E-state index in [1.807, 2.05) is 0 Å². The summed E-state index contributed by atoms with van der Waals surface area (Å²) < 4.78 is 39.5. The van der Waals surface area contributed by atoms with Crippen molar-refractivity contribution in [1.29, 1.82) is 0 Å². The largest absolute Gasteiger partial charge is 0.472 e. The maximum atomic E-state index is 12.9. The monoisotopic (exact) mass is 1030 g/mol. The Morgan fingerprint density at radius 1 is 0.403 bits per heavy atom. The predicted octanol–water partition coefficient (Wildman–Crippen LogP) is 16.9. The highest BCUT2D eigenvalue weighted by molar-refractivity contribution is 7.47. The van der Waals surface area contributed by atoms with Gasteiger partial charge in [-0.1, -0.05) is 222 Å². The summed E-state index contributed by atoms with van der Waals surface area (Å²) in [7, 11) is -4.75. The molecule has 3 unspecified atom stereocenters. The SMILES string of the molecule is CC/C=C\C/C=C\C/C=C\C/C=C\CCCCCCCCC(=O)OC(COC(=O)CCCCCCC/C=C\C/C=C\CCC)COP(=O)(O)OCC(CO)OC(=O)CCCCCCCCCCCCCCC. The lowest BCUT2D eigenvalue weighted by molar-refractivity contribution is -0.161.